The van der Waals surface area contributed by atoms with E-state index in [0.717, 1.165) is 5.56 Å². The van der Waals surface area contributed by atoms with Crippen molar-refractivity contribution in [2.24, 2.45) is 5.73 Å². The Morgan fingerprint density at radius 2 is 1.85 bits per heavy atom. The average Bonchev–Trinajstić information content (AvgIpc) is 2.03. The number of benzene rings is 1. The molecule has 0 spiro atoms. The standard InChI is InChI=1S/C11H14N2/c1-8-5-9(2)7-10(6-8)11(13)3-4-12/h5-7,11H,3,13H2,1-2H3. The fourth-order valence-corrected chi connectivity index (χ4v) is 1.44. The van der Waals surface area contributed by atoms with Gasteiger partial charge in [-0.15, -0.1) is 0 Å². The van der Waals surface area contributed by atoms with Crippen LogP contribution in [0.5, 0.6) is 0 Å². The van der Waals surface area contributed by atoms with E-state index in [1.54, 1.807) is 0 Å². The number of nitrogens with zero attached hydrogens (tertiary/aromatic N) is 1. The third kappa shape index (κ3) is 2.57. The number of rotatable bonds is 2. The van der Waals surface area contributed by atoms with Gasteiger partial charge in [0.15, 0.2) is 0 Å². The van der Waals surface area contributed by atoms with Crippen molar-refractivity contribution in [1.29, 1.82) is 5.26 Å². The molecule has 2 heteroatoms. The monoisotopic (exact) mass is 174 g/mol. The van der Waals surface area contributed by atoms with Gasteiger partial charge in [0.1, 0.15) is 0 Å². The highest BCUT2D eigenvalue weighted by Crippen LogP contribution is 2.16. The number of hydrogen-bond donors (Lipinski definition) is 1. The summed E-state index contributed by atoms with van der Waals surface area (Å²) in [6.45, 7) is 4.07. The molecule has 0 bridgehead atoms. The summed E-state index contributed by atoms with van der Waals surface area (Å²) in [5, 5.41) is 8.51. The van der Waals surface area contributed by atoms with Crippen LogP contribution in [0.3, 0.4) is 0 Å². The molecule has 1 aromatic carbocycles. The van der Waals surface area contributed by atoms with Gasteiger partial charge in [0.25, 0.3) is 0 Å². The number of aryl methyl sites for hydroxylation is 2. The first-order valence-corrected chi connectivity index (χ1v) is 4.34. The Labute approximate surface area is 79.0 Å². The fraction of sp³-hybridized carbons (Fsp3) is 0.364. The van der Waals surface area contributed by atoms with Crippen LogP contribution in [0.1, 0.15) is 29.2 Å². The lowest BCUT2D eigenvalue weighted by Crippen LogP contribution is -2.09. The van der Waals surface area contributed by atoms with Crippen LogP contribution in [0.2, 0.25) is 0 Å². The molecule has 2 nitrogen and oxygen atoms in total. The van der Waals surface area contributed by atoms with Gasteiger partial charge < -0.3 is 5.73 Å². The van der Waals surface area contributed by atoms with E-state index >= 15 is 0 Å². The van der Waals surface area contributed by atoms with Crippen LogP contribution in [0.25, 0.3) is 0 Å². The Hall–Kier alpha value is -1.33. The first kappa shape index (κ1) is 9.76. The third-order valence-electron chi connectivity index (χ3n) is 1.98. The maximum absolute atomic E-state index is 8.51. The van der Waals surface area contributed by atoms with Gasteiger partial charge in [-0.1, -0.05) is 29.3 Å². The summed E-state index contributed by atoms with van der Waals surface area (Å²) < 4.78 is 0. The minimum absolute atomic E-state index is 0.149. The van der Waals surface area contributed by atoms with Crippen molar-refractivity contribution in [2.75, 3.05) is 0 Å². The molecule has 0 amide bonds. The molecule has 0 heterocycles. The van der Waals surface area contributed by atoms with Crippen LogP contribution in [0, 0.1) is 25.2 Å². The molecule has 1 rings (SSSR count). The lowest BCUT2D eigenvalue weighted by atomic mass is 10.0. The minimum Gasteiger partial charge on any atom is -0.323 e. The molecule has 1 unspecified atom stereocenters. The molecule has 0 aliphatic carbocycles. The Morgan fingerprint density at radius 3 is 2.31 bits per heavy atom. The van der Waals surface area contributed by atoms with Gasteiger partial charge in [-0.05, 0) is 19.4 Å². The Kier molecular flexibility index (Phi) is 3.05. The van der Waals surface area contributed by atoms with Gasteiger partial charge in [0.2, 0.25) is 0 Å². The lowest BCUT2D eigenvalue weighted by molar-refractivity contribution is 0.746. The molecule has 0 aliphatic heterocycles. The molecule has 0 saturated heterocycles. The molecular weight excluding hydrogens is 160 g/mol. The molecule has 0 aliphatic rings. The first-order valence-electron chi connectivity index (χ1n) is 4.34. The van der Waals surface area contributed by atoms with Crippen molar-refractivity contribution >= 4 is 0 Å². The van der Waals surface area contributed by atoms with E-state index in [1.165, 1.54) is 11.1 Å². The van der Waals surface area contributed by atoms with Crippen LogP contribution < -0.4 is 5.73 Å². The van der Waals surface area contributed by atoms with Gasteiger partial charge >= 0.3 is 0 Å². The van der Waals surface area contributed by atoms with Crippen molar-refractivity contribution in [3.63, 3.8) is 0 Å². The Morgan fingerprint density at radius 1 is 1.31 bits per heavy atom. The predicted octanol–water partition coefficient (Wildman–Crippen LogP) is 2.22. The lowest BCUT2D eigenvalue weighted by Gasteiger charge is -2.09. The predicted molar refractivity (Wildman–Crippen MR) is 53.1 cm³/mol. The van der Waals surface area contributed by atoms with Crippen molar-refractivity contribution in [1.82, 2.24) is 0 Å². The Bertz CT molecular complexity index is 316. The highest BCUT2D eigenvalue weighted by molar-refractivity contribution is 5.30. The normalized spacial score (nSPS) is 12.2. The maximum atomic E-state index is 8.51. The van der Waals surface area contributed by atoms with Gasteiger partial charge in [-0.25, -0.2) is 0 Å². The summed E-state index contributed by atoms with van der Waals surface area (Å²) in [6, 6.07) is 8.10. The summed E-state index contributed by atoms with van der Waals surface area (Å²) in [6.07, 6.45) is 0.378. The summed E-state index contributed by atoms with van der Waals surface area (Å²) in [7, 11) is 0. The second-order valence-electron chi connectivity index (χ2n) is 3.39. The second-order valence-corrected chi connectivity index (χ2v) is 3.39. The molecule has 0 saturated carbocycles. The second kappa shape index (κ2) is 4.06. The van der Waals surface area contributed by atoms with Crippen LogP contribution in [0.4, 0.5) is 0 Å². The van der Waals surface area contributed by atoms with E-state index in [0.29, 0.717) is 6.42 Å². The zero-order valence-electron chi connectivity index (χ0n) is 8.04. The van der Waals surface area contributed by atoms with Crippen LogP contribution in [0.15, 0.2) is 18.2 Å². The van der Waals surface area contributed by atoms with Gasteiger partial charge in [-0.3, -0.25) is 0 Å². The van der Waals surface area contributed by atoms with E-state index in [9.17, 15) is 0 Å². The van der Waals surface area contributed by atoms with E-state index in [-0.39, 0.29) is 6.04 Å². The van der Waals surface area contributed by atoms with Gasteiger partial charge in [0.05, 0.1) is 12.5 Å². The van der Waals surface area contributed by atoms with Crippen molar-refractivity contribution in [3.05, 3.63) is 34.9 Å². The molecule has 2 N–H and O–H groups in total. The van der Waals surface area contributed by atoms with Crippen LogP contribution in [-0.2, 0) is 0 Å². The highest BCUT2D eigenvalue weighted by atomic mass is 14.6. The summed E-state index contributed by atoms with van der Waals surface area (Å²) >= 11 is 0. The summed E-state index contributed by atoms with van der Waals surface area (Å²) in [4.78, 5) is 0. The molecule has 1 aromatic rings. The van der Waals surface area contributed by atoms with E-state index in [1.807, 2.05) is 26.0 Å². The topological polar surface area (TPSA) is 49.8 Å². The quantitative estimate of drug-likeness (QED) is 0.747. The molecule has 1 atom stereocenters. The molecule has 0 radical (unpaired) electrons. The van der Waals surface area contributed by atoms with E-state index in [4.69, 9.17) is 11.0 Å². The summed E-state index contributed by atoms with van der Waals surface area (Å²) in [5.74, 6) is 0. The molecule has 68 valence electrons. The minimum atomic E-state index is -0.149. The van der Waals surface area contributed by atoms with Crippen LogP contribution >= 0.6 is 0 Å². The van der Waals surface area contributed by atoms with Crippen molar-refractivity contribution in [3.8, 4) is 6.07 Å². The molecule has 0 fully saturated rings. The molecule has 13 heavy (non-hydrogen) atoms. The SMILES string of the molecule is Cc1cc(C)cc(C(N)CC#N)c1. The molecular formula is C11H14N2. The largest absolute Gasteiger partial charge is 0.323 e. The number of hydrogen-bond acceptors (Lipinski definition) is 2. The Balaban J connectivity index is 2.95. The number of nitriles is 1. The number of nitrogens with two attached hydrogens (primary N) is 1. The van der Waals surface area contributed by atoms with Gasteiger partial charge in [0, 0.05) is 6.04 Å². The van der Waals surface area contributed by atoms with Gasteiger partial charge in [-0.2, -0.15) is 5.26 Å². The zero-order valence-corrected chi connectivity index (χ0v) is 8.04. The third-order valence-corrected chi connectivity index (χ3v) is 1.98. The maximum Gasteiger partial charge on any atom is 0.0641 e. The smallest absolute Gasteiger partial charge is 0.0641 e. The highest BCUT2D eigenvalue weighted by Gasteiger charge is 2.05. The van der Waals surface area contributed by atoms with Crippen LogP contribution in [-0.4, -0.2) is 0 Å². The van der Waals surface area contributed by atoms with Crippen molar-refractivity contribution in [2.45, 2.75) is 26.3 Å². The average molecular weight is 174 g/mol. The van der Waals surface area contributed by atoms with E-state index in [2.05, 4.69) is 12.1 Å². The van der Waals surface area contributed by atoms with E-state index < -0.39 is 0 Å². The summed E-state index contributed by atoms with van der Waals surface area (Å²) in [5.41, 5.74) is 9.27. The fourth-order valence-electron chi connectivity index (χ4n) is 1.44. The molecule has 0 aromatic heterocycles. The van der Waals surface area contributed by atoms with Crippen molar-refractivity contribution < 1.29 is 0 Å². The zero-order chi connectivity index (χ0) is 9.84. The first-order chi connectivity index (χ1) is 6.13.